The molecular formula is C6H9NO5S. The molecule has 0 unspecified atom stereocenters. The van der Waals surface area contributed by atoms with Crippen LogP contribution in [-0.4, -0.2) is 38.6 Å². The van der Waals surface area contributed by atoms with E-state index in [-0.39, 0.29) is 12.2 Å². The largest absolute Gasteiger partial charge is 0.407 e. The summed E-state index contributed by atoms with van der Waals surface area (Å²) in [6.07, 6.45) is 0.383. The third kappa shape index (κ3) is 1.37. The van der Waals surface area contributed by atoms with E-state index in [1.807, 2.05) is 0 Å². The monoisotopic (exact) mass is 207 g/mol. The van der Waals surface area contributed by atoms with E-state index in [1.54, 1.807) is 11.9 Å². The van der Waals surface area contributed by atoms with Gasteiger partial charge in [-0.25, -0.2) is 0 Å². The van der Waals surface area contributed by atoms with Crippen molar-refractivity contribution in [2.24, 2.45) is 0 Å². The van der Waals surface area contributed by atoms with Crippen LogP contribution in [0.5, 0.6) is 0 Å². The van der Waals surface area contributed by atoms with Crippen LogP contribution in [0, 0.1) is 0 Å². The Hall–Kier alpha value is -0.500. The molecule has 0 N–H and O–H groups in total. The van der Waals surface area contributed by atoms with E-state index in [4.69, 9.17) is 0 Å². The molecule has 0 atom stereocenters. The van der Waals surface area contributed by atoms with E-state index >= 15 is 0 Å². The summed E-state index contributed by atoms with van der Waals surface area (Å²) in [7, 11) is -2.19. The van der Waals surface area contributed by atoms with Crippen LogP contribution < -0.4 is 0 Å². The van der Waals surface area contributed by atoms with E-state index in [9.17, 15) is 13.2 Å². The average Bonchev–Trinajstić information content (AvgIpc) is 1.93. The number of carbonyl (C=O) groups excluding carboxylic acids is 1. The van der Waals surface area contributed by atoms with Crippen molar-refractivity contribution in [2.45, 2.75) is 18.8 Å². The van der Waals surface area contributed by atoms with Crippen molar-refractivity contribution in [2.75, 3.05) is 13.6 Å². The molecule has 2 aliphatic rings. The molecule has 2 rings (SSSR count). The Labute approximate surface area is 75.7 Å². The fraction of sp³-hybridized carbons (Fsp3) is 0.833. The molecule has 0 aromatic heterocycles. The van der Waals surface area contributed by atoms with Crippen LogP contribution in [0.15, 0.2) is 0 Å². The molecule has 7 heteroatoms. The highest BCUT2D eigenvalue weighted by atomic mass is 32.3. The third-order valence-electron chi connectivity index (χ3n) is 2.19. The van der Waals surface area contributed by atoms with Gasteiger partial charge in [0.2, 0.25) is 0 Å². The smallest absolute Gasteiger partial charge is 0.299 e. The first-order valence-electron chi connectivity index (χ1n) is 3.83. The number of hydrogen-bond acceptors (Lipinski definition) is 6. The molecule has 0 bridgehead atoms. The van der Waals surface area contributed by atoms with Crippen LogP contribution in [0.25, 0.3) is 0 Å². The second-order valence-electron chi connectivity index (χ2n) is 3.17. The zero-order valence-electron chi connectivity index (χ0n) is 7.02. The van der Waals surface area contributed by atoms with Gasteiger partial charge in [0.05, 0.1) is 6.42 Å². The van der Waals surface area contributed by atoms with Gasteiger partial charge in [0, 0.05) is 13.0 Å². The lowest BCUT2D eigenvalue weighted by Gasteiger charge is -2.46. The van der Waals surface area contributed by atoms with E-state index in [0.717, 1.165) is 0 Å². The van der Waals surface area contributed by atoms with E-state index in [1.165, 1.54) is 0 Å². The molecule has 2 heterocycles. The molecule has 0 radical (unpaired) electrons. The van der Waals surface area contributed by atoms with Crippen molar-refractivity contribution in [3.8, 4) is 0 Å². The molecule has 74 valence electrons. The maximum absolute atomic E-state index is 11.0. The van der Waals surface area contributed by atoms with Crippen molar-refractivity contribution in [1.82, 2.24) is 4.90 Å². The predicted octanol–water partition coefficient (Wildman–Crippen LogP) is -0.773. The minimum atomic E-state index is -3.84. The van der Waals surface area contributed by atoms with Crippen molar-refractivity contribution in [3.05, 3.63) is 0 Å². The lowest BCUT2D eigenvalue weighted by atomic mass is 10.1. The first-order valence-corrected chi connectivity index (χ1v) is 5.16. The third-order valence-corrected chi connectivity index (χ3v) is 3.12. The number of ketones is 1. The molecule has 0 amide bonds. The number of rotatable bonds is 0. The number of carbonyl (C=O) groups is 1. The van der Waals surface area contributed by atoms with Gasteiger partial charge in [-0.1, -0.05) is 0 Å². The van der Waals surface area contributed by atoms with Crippen molar-refractivity contribution in [3.63, 3.8) is 0 Å². The molecule has 0 aliphatic carbocycles. The Bertz CT molecular complexity index is 336. The molecule has 1 spiro atoms. The highest BCUT2D eigenvalue weighted by molar-refractivity contribution is 7.82. The number of Topliss-reactive ketones (excluding diaryl/α,β-unsaturated/α-hetero) is 1. The first-order chi connectivity index (χ1) is 5.94. The average molecular weight is 207 g/mol. The van der Waals surface area contributed by atoms with Gasteiger partial charge in [-0.05, 0) is 7.05 Å². The second kappa shape index (κ2) is 2.50. The Morgan fingerprint density at radius 3 is 2.62 bits per heavy atom. The highest BCUT2D eigenvalue weighted by Gasteiger charge is 2.58. The van der Waals surface area contributed by atoms with Gasteiger partial charge < -0.3 is 0 Å². The summed E-state index contributed by atoms with van der Waals surface area (Å²) in [5.74, 6) is -1.39. The lowest BCUT2D eigenvalue weighted by molar-refractivity contribution is -0.279. The summed E-state index contributed by atoms with van der Waals surface area (Å²) in [6.45, 7) is 0.453. The maximum Gasteiger partial charge on any atom is 0.407 e. The number of likely N-dealkylation sites (tertiary alicyclic amines) is 1. The molecule has 0 aromatic carbocycles. The number of nitrogens with zero attached hydrogens (tertiary/aromatic N) is 1. The fourth-order valence-corrected chi connectivity index (χ4v) is 2.47. The van der Waals surface area contributed by atoms with Gasteiger partial charge in [0.15, 0.2) is 0 Å². The van der Waals surface area contributed by atoms with Crippen LogP contribution in [-0.2, 0) is 23.6 Å². The Balaban J connectivity index is 2.18. The van der Waals surface area contributed by atoms with Crippen LogP contribution in [0.3, 0.4) is 0 Å². The normalized spacial score (nSPS) is 31.6. The summed E-state index contributed by atoms with van der Waals surface area (Å²) >= 11 is 0. The van der Waals surface area contributed by atoms with Crippen LogP contribution in [0.4, 0.5) is 0 Å². The standard InChI is InChI=1S/C6H9NO5S/c1-7-3-2-5(8)4-6(7)11-13(9,10)12-6/h2-4H2,1H3. The van der Waals surface area contributed by atoms with Gasteiger partial charge in [0.1, 0.15) is 5.78 Å². The van der Waals surface area contributed by atoms with Crippen LogP contribution in [0.1, 0.15) is 12.8 Å². The molecule has 0 saturated carbocycles. The molecule has 2 saturated heterocycles. The topological polar surface area (TPSA) is 72.9 Å². The van der Waals surface area contributed by atoms with Gasteiger partial charge in [-0.3, -0.25) is 9.69 Å². The Morgan fingerprint density at radius 1 is 1.46 bits per heavy atom. The Morgan fingerprint density at radius 2 is 2.08 bits per heavy atom. The summed E-state index contributed by atoms with van der Waals surface area (Å²) in [5, 5.41) is 0. The van der Waals surface area contributed by atoms with Gasteiger partial charge >= 0.3 is 10.4 Å². The maximum atomic E-state index is 11.0. The molecule has 2 fully saturated rings. The van der Waals surface area contributed by atoms with Gasteiger partial charge in [-0.2, -0.15) is 16.8 Å². The zero-order chi connectivity index (χ0) is 9.69. The summed E-state index contributed by atoms with van der Waals surface area (Å²) in [4.78, 5) is 12.6. The first kappa shape index (κ1) is 9.07. The van der Waals surface area contributed by atoms with Crippen LogP contribution in [0.2, 0.25) is 0 Å². The lowest BCUT2D eigenvalue weighted by Crippen LogP contribution is -2.64. The summed E-state index contributed by atoms with van der Waals surface area (Å²) in [5.41, 5.74) is 0. The van der Waals surface area contributed by atoms with E-state index < -0.39 is 16.3 Å². The summed E-state index contributed by atoms with van der Waals surface area (Å²) in [6, 6.07) is 0. The number of hydrogen-bond donors (Lipinski definition) is 0. The van der Waals surface area contributed by atoms with Gasteiger partial charge in [0.25, 0.3) is 5.91 Å². The molecule has 0 aromatic rings. The van der Waals surface area contributed by atoms with Crippen LogP contribution >= 0.6 is 0 Å². The summed E-state index contributed by atoms with van der Waals surface area (Å²) < 4.78 is 30.4. The molecule has 13 heavy (non-hydrogen) atoms. The van der Waals surface area contributed by atoms with Crippen molar-refractivity contribution >= 4 is 16.2 Å². The zero-order valence-corrected chi connectivity index (χ0v) is 7.83. The predicted molar refractivity (Wildman–Crippen MR) is 40.7 cm³/mol. The Kier molecular flexibility index (Phi) is 1.75. The second-order valence-corrected chi connectivity index (χ2v) is 4.32. The van der Waals surface area contributed by atoms with E-state index in [0.29, 0.717) is 13.0 Å². The minimum absolute atomic E-state index is 0.0251. The molecule has 2 aliphatic heterocycles. The quantitative estimate of drug-likeness (QED) is 0.519. The molecular weight excluding hydrogens is 198 g/mol. The SMILES string of the molecule is CN1CCC(=O)CC12OS(=O)(=O)O2. The highest BCUT2D eigenvalue weighted by Crippen LogP contribution is 2.39. The van der Waals surface area contributed by atoms with E-state index in [2.05, 4.69) is 8.37 Å². The number of piperidine rings is 1. The fourth-order valence-electron chi connectivity index (χ4n) is 1.45. The van der Waals surface area contributed by atoms with Crippen molar-refractivity contribution in [1.29, 1.82) is 0 Å². The minimum Gasteiger partial charge on any atom is -0.299 e. The molecule has 6 nitrogen and oxygen atoms in total. The van der Waals surface area contributed by atoms with Gasteiger partial charge in [-0.15, -0.1) is 0 Å². The van der Waals surface area contributed by atoms with Crippen molar-refractivity contribution < 1.29 is 21.6 Å².